The fourth-order valence-electron chi connectivity index (χ4n) is 1.25. The molecular formula is C13H20ClO2PS2. The molecule has 0 aliphatic carbocycles. The molecule has 0 unspecified atom stereocenters. The van der Waals surface area contributed by atoms with Gasteiger partial charge in [-0.25, -0.2) is 0 Å². The first-order chi connectivity index (χ1) is 9.09. The van der Waals surface area contributed by atoms with Crippen molar-refractivity contribution in [1.29, 1.82) is 0 Å². The van der Waals surface area contributed by atoms with Gasteiger partial charge in [-0.2, -0.15) is 0 Å². The van der Waals surface area contributed by atoms with Gasteiger partial charge >= 0.3 is 0 Å². The van der Waals surface area contributed by atoms with Crippen LogP contribution < -0.4 is 0 Å². The number of hydrogen-bond donors (Lipinski definition) is 0. The molecule has 0 radical (unpaired) electrons. The minimum Gasteiger partial charge on any atom is -0.322 e. The largest absolute Gasteiger partial charge is 0.322 e. The van der Waals surface area contributed by atoms with E-state index in [1.807, 2.05) is 24.3 Å². The first kappa shape index (κ1) is 17.5. The highest BCUT2D eigenvalue weighted by Gasteiger charge is 2.19. The molecule has 6 heteroatoms. The van der Waals surface area contributed by atoms with E-state index in [9.17, 15) is 0 Å². The molecule has 0 saturated carbocycles. The number of halogens is 1. The Morgan fingerprint density at radius 3 is 2.11 bits per heavy atom. The molecule has 1 rings (SSSR count). The molecule has 0 N–H and O–H groups in total. The molecule has 0 heterocycles. The van der Waals surface area contributed by atoms with Crippen molar-refractivity contribution in [3.8, 4) is 0 Å². The summed E-state index contributed by atoms with van der Waals surface area (Å²) in [4.78, 5) is 0. The zero-order chi connectivity index (χ0) is 14.1. The number of hydrogen-bond acceptors (Lipinski definition) is 4. The molecule has 0 bridgehead atoms. The van der Waals surface area contributed by atoms with E-state index in [2.05, 4.69) is 13.8 Å². The summed E-state index contributed by atoms with van der Waals surface area (Å²) in [6, 6.07) is 7.80. The predicted octanol–water partition coefficient (Wildman–Crippen LogP) is 5.65. The first-order valence-electron chi connectivity index (χ1n) is 6.37. The molecular weight excluding hydrogens is 319 g/mol. The summed E-state index contributed by atoms with van der Waals surface area (Å²) in [5.74, 6) is 0.794. The standard InChI is InChI=1S/C13H20ClO2PS2/c1-3-9-15-17(18,16-10-4-2)19-11-12-5-7-13(14)8-6-12/h5-8H,3-4,9-11H2,1-2H3. The van der Waals surface area contributed by atoms with Crippen LogP contribution in [0, 0.1) is 0 Å². The van der Waals surface area contributed by atoms with E-state index in [4.69, 9.17) is 32.5 Å². The number of rotatable bonds is 9. The van der Waals surface area contributed by atoms with Gasteiger partial charge in [0.15, 0.2) is 0 Å². The third-order valence-electron chi connectivity index (χ3n) is 2.21. The van der Waals surface area contributed by atoms with Crippen LogP contribution >= 0.6 is 28.7 Å². The smallest absolute Gasteiger partial charge is 0.247 e. The zero-order valence-corrected chi connectivity index (χ0v) is 14.6. The van der Waals surface area contributed by atoms with Crippen molar-refractivity contribution in [2.45, 2.75) is 32.4 Å². The van der Waals surface area contributed by atoms with Crippen molar-refractivity contribution in [1.82, 2.24) is 0 Å². The molecule has 0 aliphatic rings. The van der Waals surface area contributed by atoms with Gasteiger partial charge in [-0.15, -0.1) is 0 Å². The van der Waals surface area contributed by atoms with Crippen LogP contribution in [0.2, 0.25) is 5.02 Å². The zero-order valence-electron chi connectivity index (χ0n) is 11.3. The van der Waals surface area contributed by atoms with Gasteiger partial charge in [-0.05, 0) is 42.3 Å². The lowest BCUT2D eigenvalue weighted by Gasteiger charge is -2.21. The molecule has 0 atom stereocenters. The molecule has 0 saturated heterocycles. The average Bonchev–Trinajstić information content (AvgIpc) is 2.43. The topological polar surface area (TPSA) is 18.5 Å². The summed E-state index contributed by atoms with van der Waals surface area (Å²) < 4.78 is 11.5. The Balaban J connectivity index is 2.56. The molecule has 0 aliphatic heterocycles. The monoisotopic (exact) mass is 338 g/mol. The van der Waals surface area contributed by atoms with E-state index in [0.29, 0.717) is 13.2 Å². The van der Waals surface area contributed by atoms with E-state index >= 15 is 0 Å². The normalized spacial score (nSPS) is 11.7. The van der Waals surface area contributed by atoms with Crippen molar-refractivity contribution in [3.63, 3.8) is 0 Å². The summed E-state index contributed by atoms with van der Waals surface area (Å²) in [7, 11) is 0. The van der Waals surface area contributed by atoms with Crippen LogP contribution in [0.1, 0.15) is 32.3 Å². The van der Waals surface area contributed by atoms with Crippen LogP contribution in [-0.2, 0) is 26.6 Å². The minimum absolute atomic E-state index is 0.661. The van der Waals surface area contributed by atoms with Crippen molar-refractivity contribution in [2.24, 2.45) is 0 Å². The molecule has 1 aromatic rings. The highest BCUT2D eigenvalue weighted by atomic mass is 35.5. The van der Waals surface area contributed by atoms with Gasteiger partial charge in [0.25, 0.3) is 0 Å². The lowest BCUT2D eigenvalue weighted by Crippen LogP contribution is -1.96. The van der Waals surface area contributed by atoms with Gasteiger partial charge < -0.3 is 9.05 Å². The number of benzene rings is 1. The molecule has 108 valence electrons. The van der Waals surface area contributed by atoms with E-state index in [1.54, 1.807) is 11.4 Å². The van der Waals surface area contributed by atoms with Crippen LogP contribution in [0.5, 0.6) is 0 Å². The van der Waals surface area contributed by atoms with Gasteiger partial charge in [0.05, 0.1) is 13.2 Å². The second-order valence-electron chi connectivity index (χ2n) is 4.01. The quantitative estimate of drug-likeness (QED) is 0.541. The molecule has 0 aromatic heterocycles. The van der Waals surface area contributed by atoms with E-state index in [-0.39, 0.29) is 0 Å². The van der Waals surface area contributed by atoms with Crippen molar-refractivity contribution < 1.29 is 9.05 Å². The first-order valence-corrected chi connectivity index (χ1v) is 11.0. The minimum atomic E-state index is -2.21. The van der Waals surface area contributed by atoms with E-state index in [1.165, 1.54) is 5.56 Å². The van der Waals surface area contributed by atoms with Crippen molar-refractivity contribution in [3.05, 3.63) is 34.9 Å². The Kier molecular flexibility index (Phi) is 8.63. The Bertz CT molecular complexity index is 400. The highest BCUT2D eigenvalue weighted by molar-refractivity contribution is 8.67. The molecule has 19 heavy (non-hydrogen) atoms. The van der Waals surface area contributed by atoms with Crippen LogP contribution in [0.3, 0.4) is 0 Å². The average molecular weight is 339 g/mol. The van der Waals surface area contributed by atoms with E-state index in [0.717, 1.165) is 23.6 Å². The SMILES string of the molecule is CCCOP(=S)(OCCC)SCc1ccc(Cl)cc1. The second kappa shape index (κ2) is 9.38. The van der Waals surface area contributed by atoms with Gasteiger partial charge in [-0.3, -0.25) is 0 Å². The van der Waals surface area contributed by atoms with Gasteiger partial charge in [-0.1, -0.05) is 49.0 Å². The molecule has 0 spiro atoms. The van der Waals surface area contributed by atoms with Crippen molar-refractivity contribution in [2.75, 3.05) is 13.2 Å². The summed E-state index contributed by atoms with van der Waals surface area (Å²) in [6.07, 6.45) is 1.91. The fraction of sp³-hybridized carbons (Fsp3) is 0.538. The molecule has 1 aromatic carbocycles. The van der Waals surface area contributed by atoms with Crippen molar-refractivity contribution >= 4 is 40.5 Å². The second-order valence-corrected chi connectivity index (χ2v) is 10.8. The third-order valence-corrected chi connectivity index (χ3v) is 7.79. The van der Waals surface area contributed by atoms with Crippen LogP contribution in [0.25, 0.3) is 0 Å². The third kappa shape index (κ3) is 7.12. The predicted molar refractivity (Wildman–Crippen MR) is 89.5 cm³/mol. The fourth-order valence-corrected chi connectivity index (χ4v) is 5.65. The van der Waals surface area contributed by atoms with Gasteiger partial charge in [0.2, 0.25) is 5.69 Å². The summed E-state index contributed by atoms with van der Waals surface area (Å²) in [5.41, 5.74) is -1.03. The maximum atomic E-state index is 5.87. The lowest BCUT2D eigenvalue weighted by atomic mass is 10.2. The van der Waals surface area contributed by atoms with Crippen LogP contribution in [0.4, 0.5) is 0 Å². The maximum Gasteiger partial charge on any atom is 0.247 e. The Labute approximate surface area is 130 Å². The Morgan fingerprint density at radius 1 is 1.11 bits per heavy atom. The van der Waals surface area contributed by atoms with Crippen LogP contribution in [-0.4, -0.2) is 13.2 Å². The van der Waals surface area contributed by atoms with Gasteiger partial charge in [0.1, 0.15) is 0 Å². The van der Waals surface area contributed by atoms with E-state index < -0.39 is 5.69 Å². The summed E-state index contributed by atoms with van der Waals surface area (Å²) in [6.45, 7) is 5.47. The summed E-state index contributed by atoms with van der Waals surface area (Å²) >= 11 is 13.0. The maximum absolute atomic E-state index is 5.87. The Morgan fingerprint density at radius 2 is 1.63 bits per heavy atom. The van der Waals surface area contributed by atoms with Gasteiger partial charge in [0, 0.05) is 10.8 Å². The molecule has 0 amide bonds. The summed E-state index contributed by atoms with van der Waals surface area (Å²) in [5, 5.41) is 0.748. The Hall–Kier alpha value is 0.430. The molecule has 0 fully saturated rings. The highest BCUT2D eigenvalue weighted by Crippen LogP contribution is 2.62. The molecule has 2 nitrogen and oxygen atoms in total. The van der Waals surface area contributed by atoms with Crippen LogP contribution in [0.15, 0.2) is 24.3 Å². The lowest BCUT2D eigenvalue weighted by molar-refractivity contribution is 0.260.